The van der Waals surface area contributed by atoms with Gasteiger partial charge in [0.25, 0.3) is 0 Å². The summed E-state index contributed by atoms with van der Waals surface area (Å²) in [6, 6.07) is 11.5. The van der Waals surface area contributed by atoms with Crippen molar-refractivity contribution in [2.45, 2.75) is 19.4 Å². The molecule has 0 unspecified atom stereocenters. The topological polar surface area (TPSA) is 55.1 Å². The minimum Gasteiger partial charge on any atom is -0.478 e. The number of aromatic nitrogens is 2. The number of rotatable bonds is 4. The molecule has 1 N–H and O–H groups in total. The van der Waals surface area contributed by atoms with Gasteiger partial charge in [-0.15, -0.1) is 0 Å². The normalized spacial score (nSPS) is 14.4. The van der Waals surface area contributed by atoms with E-state index >= 15 is 0 Å². The van der Waals surface area contributed by atoms with Crippen LogP contribution in [0.3, 0.4) is 0 Å². The lowest BCUT2D eigenvalue weighted by Crippen LogP contribution is -2.00. The highest BCUT2D eigenvalue weighted by atomic mass is 16.4. The van der Waals surface area contributed by atoms with E-state index in [1.165, 1.54) is 12.8 Å². The zero-order chi connectivity index (χ0) is 15.1. The second kappa shape index (κ2) is 4.98. The standard InChI is InChI=1S/C18H16N2O2/c21-18(22)17-8-14-4-2-1-3-13(14)7-16(17)15-9-19-20(11-15)10-12-5-6-12/h1-4,7-9,11-12H,5-6,10H2,(H,21,22). The van der Waals surface area contributed by atoms with Crippen LogP contribution in [-0.4, -0.2) is 20.9 Å². The number of carboxylic acids is 1. The molecule has 22 heavy (non-hydrogen) atoms. The van der Waals surface area contributed by atoms with Crippen LogP contribution < -0.4 is 0 Å². The highest BCUT2D eigenvalue weighted by Crippen LogP contribution is 2.32. The van der Waals surface area contributed by atoms with Crippen LogP contribution in [-0.2, 0) is 6.54 Å². The molecule has 1 aromatic heterocycles. The van der Waals surface area contributed by atoms with Crippen molar-refractivity contribution in [1.82, 2.24) is 9.78 Å². The second-order valence-corrected chi connectivity index (χ2v) is 5.94. The molecule has 0 aliphatic heterocycles. The number of nitrogens with zero attached hydrogens (tertiary/aromatic N) is 2. The molecule has 3 aromatic rings. The molecule has 0 atom stereocenters. The number of carboxylic acid groups (broad SMARTS) is 1. The predicted molar refractivity (Wildman–Crippen MR) is 84.9 cm³/mol. The molecule has 1 fully saturated rings. The van der Waals surface area contributed by atoms with Crippen molar-refractivity contribution >= 4 is 16.7 Å². The largest absolute Gasteiger partial charge is 0.478 e. The lowest BCUT2D eigenvalue weighted by Gasteiger charge is -2.07. The number of benzene rings is 2. The van der Waals surface area contributed by atoms with Gasteiger partial charge in [0.15, 0.2) is 0 Å². The number of fused-ring (bicyclic) bond motifs is 1. The zero-order valence-electron chi connectivity index (χ0n) is 12.1. The van der Waals surface area contributed by atoms with E-state index < -0.39 is 5.97 Å². The quantitative estimate of drug-likeness (QED) is 0.795. The molecule has 1 heterocycles. The Labute approximate surface area is 128 Å². The summed E-state index contributed by atoms with van der Waals surface area (Å²) in [4.78, 5) is 11.6. The smallest absolute Gasteiger partial charge is 0.336 e. The predicted octanol–water partition coefficient (Wildman–Crippen LogP) is 3.81. The number of hydrogen-bond acceptors (Lipinski definition) is 2. The third kappa shape index (κ3) is 2.37. The van der Waals surface area contributed by atoms with Gasteiger partial charge in [0.1, 0.15) is 0 Å². The van der Waals surface area contributed by atoms with Gasteiger partial charge >= 0.3 is 5.97 Å². The molecular weight excluding hydrogens is 276 g/mol. The summed E-state index contributed by atoms with van der Waals surface area (Å²) >= 11 is 0. The first kappa shape index (κ1) is 13.1. The van der Waals surface area contributed by atoms with E-state index in [0.29, 0.717) is 5.56 Å². The minimum absolute atomic E-state index is 0.324. The SMILES string of the molecule is O=C(O)c1cc2ccccc2cc1-c1cnn(CC2CC2)c1. The molecule has 1 aliphatic carbocycles. The fourth-order valence-electron chi connectivity index (χ4n) is 2.82. The molecule has 1 aliphatic rings. The number of aromatic carboxylic acids is 1. The Morgan fingerprint density at radius 3 is 2.64 bits per heavy atom. The van der Waals surface area contributed by atoms with Crippen LogP contribution in [0.1, 0.15) is 23.2 Å². The van der Waals surface area contributed by atoms with Gasteiger partial charge in [-0.1, -0.05) is 24.3 Å². The van der Waals surface area contributed by atoms with Crippen LogP contribution in [0.4, 0.5) is 0 Å². The van der Waals surface area contributed by atoms with Crippen LogP contribution >= 0.6 is 0 Å². The monoisotopic (exact) mass is 292 g/mol. The molecule has 4 heteroatoms. The number of hydrogen-bond donors (Lipinski definition) is 1. The summed E-state index contributed by atoms with van der Waals surface area (Å²) in [6.45, 7) is 0.927. The minimum atomic E-state index is -0.907. The lowest BCUT2D eigenvalue weighted by atomic mass is 9.97. The molecule has 4 nitrogen and oxygen atoms in total. The van der Waals surface area contributed by atoms with E-state index in [9.17, 15) is 9.90 Å². The Morgan fingerprint density at radius 1 is 1.23 bits per heavy atom. The number of carbonyl (C=O) groups is 1. The lowest BCUT2D eigenvalue weighted by molar-refractivity contribution is 0.0698. The summed E-state index contributed by atoms with van der Waals surface area (Å²) < 4.78 is 1.92. The third-order valence-electron chi connectivity index (χ3n) is 4.20. The van der Waals surface area contributed by atoms with Crippen LogP contribution in [0.15, 0.2) is 48.8 Å². The van der Waals surface area contributed by atoms with E-state index in [1.807, 2.05) is 41.2 Å². The molecule has 2 aromatic carbocycles. The molecule has 0 saturated heterocycles. The first-order chi connectivity index (χ1) is 10.7. The van der Waals surface area contributed by atoms with Gasteiger partial charge in [0, 0.05) is 18.3 Å². The van der Waals surface area contributed by atoms with Crippen LogP contribution in [0.25, 0.3) is 21.9 Å². The zero-order valence-corrected chi connectivity index (χ0v) is 12.1. The molecule has 0 spiro atoms. The van der Waals surface area contributed by atoms with Gasteiger partial charge in [-0.2, -0.15) is 5.10 Å². The van der Waals surface area contributed by atoms with Gasteiger partial charge in [0.05, 0.1) is 11.8 Å². The first-order valence-corrected chi connectivity index (χ1v) is 7.49. The maximum atomic E-state index is 11.6. The van der Waals surface area contributed by atoms with E-state index in [-0.39, 0.29) is 0 Å². The maximum Gasteiger partial charge on any atom is 0.336 e. The van der Waals surface area contributed by atoms with E-state index in [2.05, 4.69) is 5.10 Å². The van der Waals surface area contributed by atoms with Gasteiger partial charge < -0.3 is 5.11 Å². The summed E-state index contributed by atoms with van der Waals surface area (Å²) in [5.41, 5.74) is 1.92. The fraction of sp³-hybridized carbons (Fsp3) is 0.222. The van der Waals surface area contributed by atoms with Crippen LogP contribution in [0, 0.1) is 5.92 Å². The van der Waals surface area contributed by atoms with E-state index in [4.69, 9.17) is 0 Å². The Hall–Kier alpha value is -2.62. The van der Waals surface area contributed by atoms with Crippen molar-refractivity contribution < 1.29 is 9.90 Å². The summed E-state index contributed by atoms with van der Waals surface area (Å²) in [7, 11) is 0. The van der Waals surface area contributed by atoms with Crippen LogP contribution in [0.2, 0.25) is 0 Å². The van der Waals surface area contributed by atoms with Crippen molar-refractivity contribution in [2.24, 2.45) is 5.92 Å². The summed E-state index contributed by atoms with van der Waals surface area (Å²) in [5, 5.41) is 15.9. The van der Waals surface area contributed by atoms with E-state index in [1.54, 1.807) is 12.3 Å². The highest BCUT2D eigenvalue weighted by molar-refractivity contribution is 6.02. The molecule has 0 bridgehead atoms. The highest BCUT2D eigenvalue weighted by Gasteiger charge is 2.22. The van der Waals surface area contributed by atoms with Crippen molar-refractivity contribution in [3.8, 4) is 11.1 Å². The molecule has 0 amide bonds. The Morgan fingerprint density at radius 2 is 1.95 bits per heavy atom. The van der Waals surface area contributed by atoms with Crippen molar-refractivity contribution in [3.63, 3.8) is 0 Å². The third-order valence-corrected chi connectivity index (χ3v) is 4.20. The summed E-state index contributed by atoms with van der Waals surface area (Å²) in [5.74, 6) is -0.168. The van der Waals surface area contributed by atoms with Gasteiger partial charge in [-0.25, -0.2) is 4.79 Å². The molecule has 1 saturated carbocycles. The van der Waals surface area contributed by atoms with Gasteiger partial charge in [-0.3, -0.25) is 4.68 Å². The average Bonchev–Trinajstić information content (AvgIpc) is 3.21. The second-order valence-electron chi connectivity index (χ2n) is 5.94. The Kier molecular flexibility index (Phi) is 2.96. The van der Waals surface area contributed by atoms with Crippen molar-refractivity contribution in [2.75, 3.05) is 0 Å². The summed E-state index contributed by atoms with van der Waals surface area (Å²) in [6.07, 6.45) is 6.25. The Balaban J connectivity index is 1.82. The van der Waals surface area contributed by atoms with Gasteiger partial charge in [0.2, 0.25) is 0 Å². The molecular formula is C18H16N2O2. The first-order valence-electron chi connectivity index (χ1n) is 7.49. The average molecular weight is 292 g/mol. The van der Waals surface area contributed by atoms with Gasteiger partial charge in [-0.05, 0) is 47.2 Å². The maximum absolute atomic E-state index is 11.6. The molecule has 110 valence electrons. The van der Waals surface area contributed by atoms with Crippen molar-refractivity contribution in [1.29, 1.82) is 0 Å². The molecule has 0 radical (unpaired) electrons. The Bertz CT molecular complexity index is 862. The molecule has 4 rings (SSSR count). The fourth-order valence-corrected chi connectivity index (χ4v) is 2.82. The van der Waals surface area contributed by atoms with E-state index in [0.717, 1.165) is 34.4 Å². The van der Waals surface area contributed by atoms with Crippen LogP contribution in [0.5, 0.6) is 0 Å². The van der Waals surface area contributed by atoms with Crippen molar-refractivity contribution in [3.05, 3.63) is 54.4 Å².